The minimum Gasteiger partial charge on any atom is -0.357 e. The highest BCUT2D eigenvalue weighted by atomic mass is 127. The van der Waals surface area contributed by atoms with Gasteiger partial charge in [-0.15, -0.1) is 24.0 Å². The van der Waals surface area contributed by atoms with E-state index in [-0.39, 0.29) is 35.1 Å². The van der Waals surface area contributed by atoms with Crippen LogP contribution in [0.5, 0.6) is 0 Å². The van der Waals surface area contributed by atoms with Gasteiger partial charge in [-0.25, -0.2) is 8.42 Å². The summed E-state index contributed by atoms with van der Waals surface area (Å²) in [7, 11) is -2.93. The third-order valence-corrected chi connectivity index (χ3v) is 7.27. The summed E-state index contributed by atoms with van der Waals surface area (Å²) in [5, 5.41) is 6.98. The monoisotopic (exact) mass is 556 g/mol. The number of sulfone groups is 1. The topological polar surface area (TPSA) is 73.8 Å². The second-order valence-corrected chi connectivity index (χ2v) is 12.2. The van der Waals surface area contributed by atoms with Crippen LogP contribution >= 0.6 is 24.0 Å². The fourth-order valence-corrected chi connectivity index (χ4v) is 5.27. The number of piperidine rings is 1. The Labute approximate surface area is 202 Å². The van der Waals surface area contributed by atoms with Gasteiger partial charge in [-0.1, -0.05) is 33.1 Å². The van der Waals surface area contributed by atoms with E-state index in [1.807, 2.05) is 0 Å². The highest BCUT2D eigenvalue weighted by Crippen LogP contribution is 2.25. The fraction of sp³-hybridized carbons (Fsp3) is 0.955. The Morgan fingerprint density at radius 1 is 1.10 bits per heavy atom. The van der Waals surface area contributed by atoms with E-state index in [9.17, 15) is 8.42 Å². The van der Waals surface area contributed by atoms with Crippen LogP contribution in [0, 0.1) is 11.3 Å². The molecule has 1 heterocycles. The van der Waals surface area contributed by atoms with Crippen molar-refractivity contribution in [3.05, 3.63) is 0 Å². The lowest BCUT2D eigenvalue weighted by atomic mass is 9.88. The predicted octanol–water partition coefficient (Wildman–Crippen LogP) is 3.67. The molecule has 178 valence electrons. The first kappa shape index (κ1) is 27.9. The van der Waals surface area contributed by atoms with E-state index in [0.717, 1.165) is 31.3 Å². The first-order valence-corrected chi connectivity index (χ1v) is 13.7. The number of likely N-dealkylation sites (tertiary alicyclic amines) is 1. The summed E-state index contributed by atoms with van der Waals surface area (Å²) in [6, 6.07) is 0.467. The summed E-state index contributed by atoms with van der Waals surface area (Å²) in [5.41, 5.74) is -0.130. The number of guanidine groups is 1. The van der Waals surface area contributed by atoms with Crippen LogP contribution in [0.3, 0.4) is 0 Å². The van der Waals surface area contributed by atoms with Crippen molar-refractivity contribution in [2.75, 3.05) is 44.7 Å². The van der Waals surface area contributed by atoms with Gasteiger partial charge >= 0.3 is 0 Å². The van der Waals surface area contributed by atoms with Gasteiger partial charge in [0.15, 0.2) is 5.96 Å². The van der Waals surface area contributed by atoms with E-state index in [1.54, 1.807) is 0 Å². The van der Waals surface area contributed by atoms with Gasteiger partial charge in [-0.05, 0) is 50.4 Å². The van der Waals surface area contributed by atoms with Gasteiger partial charge in [0.05, 0.1) is 5.75 Å². The smallest absolute Gasteiger partial charge is 0.191 e. The van der Waals surface area contributed by atoms with Crippen molar-refractivity contribution in [2.45, 2.75) is 78.2 Å². The number of nitrogens with zero attached hydrogens (tertiary/aromatic N) is 2. The molecule has 1 saturated carbocycles. The van der Waals surface area contributed by atoms with Crippen molar-refractivity contribution >= 4 is 39.8 Å². The zero-order chi connectivity index (χ0) is 21.3. The van der Waals surface area contributed by atoms with Crippen LogP contribution in [0.1, 0.15) is 72.1 Å². The van der Waals surface area contributed by atoms with Crippen molar-refractivity contribution in [1.82, 2.24) is 15.5 Å². The number of hydrogen-bond acceptors (Lipinski definition) is 4. The van der Waals surface area contributed by atoms with Gasteiger partial charge in [-0.2, -0.15) is 0 Å². The number of rotatable bonds is 9. The van der Waals surface area contributed by atoms with Crippen LogP contribution in [-0.4, -0.2) is 70.1 Å². The molecule has 0 bridgehead atoms. The van der Waals surface area contributed by atoms with Crippen LogP contribution in [-0.2, 0) is 9.84 Å². The summed E-state index contributed by atoms with van der Waals surface area (Å²) in [6.07, 6.45) is 11.4. The van der Waals surface area contributed by atoms with E-state index >= 15 is 0 Å². The first-order chi connectivity index (χ1) is 13.7. The molecule has 0 aromatic heterocycles. The summed E-state index contributed by atoms with van der Waals surface area (Å²) in [6.45, 7) is 11.4. The van der Waals surface area contributed by atoms with Crippen molar-refractivity contribution in [3.8, 4) is 0 Å². The Morgan fingerprint density at radius 2 is 1.73 bits per heavy atom. The average Bonchev–Trinajstić information content (AvgIpc) is 2.67. The van der Waals surface area contributed by atoms with Gasteiger partial charge < -0.3 is 15.5 Å². The van der Waals surface area contributed by atoms with Crippen molar-refractivity contribution in [1.29, 1.82) is 0 Å². The largest absolute Gasteiger partial charge is 0.357 e. The van der Waals surface area contributed by atoms with E-state index in [2.05, 4.69) is 36.3 Å². The zero-order valence-corrected chi connectivity index (χ0v) is 22.7. The molecule has 0 amide bonds. The lowest BCUT2D eigenvalue weighted by Crippen LogP contribution is -2.49. The van der Waals surface area contributed by atoms with Gasteiger partial charge in [-0.3, -0.25) is 4.99 Å². The molecule has 0 aromatic carbocycles. The van der Waals surface area contributed by atoms with E-state index < -0.39 is 9.84 Å². The average molecular weight is 557 g/mol. The SMILES string of the molecule is CCNC(=NCC(C)(C)CCS(C)(=O)=O)NC1CCN(CC2CCCCC2)CC1.I. The molecule has 2 aliphatic rings. The number of halogens is 1. The van der Waals surface area contributed by atoms with Crippen molar-refractivity contribution in [2.24, 2.45) is 16.3 Å². The highest BCUT2D eigenvalue weighted by Gasteiger charge is 2.24. The number of nitrogens with one attached hydrogen (secondary N) is 2. The Morgan fingerprint density at radius 3 is 2.30 bits per heavy atom. The Balaban J connectivity index is 0.00000450. The maximum Gasteiger partial charge on any atom is 0.191 e. The second kappa shape index (κ2) is 13.5. The quantitative estimate of drug-likeness (QED) is 0.258. The van der Waals surface area contributed by atoms with Crippen LogP contribution in [0.4, 0.5) is 0 Å². The molecule has 8 heteroatoms. The Hall–Kier alpha value is -0.0900. The molecule has 30 heavy (non-hydrogen) atoms. The van der Waals surface area contributed by atoms with Gasteiger partial charge in [0.25, 0.3) is 0 Å². The molecule has 2 fully saturated rings. The molecular formula is C22H45IN4O2S. The lowest BCUT2D eigenvalue weighted by Gasteiger charge is -2.36. The lowest BCUT2D eigenvalue weighted by molar-refractivity contribution is 0.160. The molecule has 0 unspecified atom stereocenters. The molecule has 0 spiro atoms. The second-order valence-electron chi connectivity index (χ2n) is 9.96. The first-order valence-electron chi connectivity index (χ1n) is 11.6. The number of aliphatic imine (C=N–C) groups is 1. The summed E-state index contributed by atoms with van der Waals surface area (Å²) in [4.78, 5) is 7.44. The van der Waals surface area contributed by atoms with Crippen molar-refractivity contribution < 1.29 is 8.42 Å². The van der Waals surface area contributed by atoms with Gasteiger partial charge in [0.1, 0.15) is 9.84 Å². The maximum absolute atomic E-state index is 11.5. The van der Waals surface area contributed by atoms with Gasteiger partial charge in [0.2, 0.25) is 0 Å². The number of hydrogen-bond donors (Lipinski definition) is 2. The molecule has 0 atom stereocenters. The molecule has 6 nitrogen and oxygen atoms in total. The van der Waals surface area contributed by atoms with Crippen LogP contribution in [0.2, 0.25) is 0 Å². The molecule has 2 rings (SSSR count). The van der Waals surface area contributed by atoms with Crippen LogP contribution < -0.4 is 10.6 Å². The fourth-order valence-electron chi connectivity index (χ4n) is 4.34. The van der Waals surface area contributed by atoms with Crippen LogP contribution in [0.25, 0.3) is 0 Å². The van der Waals surface area contributed by atoms with E-state index in [0.29, 0.717) is 19.0 Å². The Kier molecular flexibility index (Phi) is 12.5. The Bertz CT molecular complexity index is 611. The van der Waals surface area contributed by atoms with Crippen molar-refractivity contribution in [3.63, 3.8) is 0 Å². The molecule has 2 N–H and O–H groups in total. The van der Waals surface area contributed by atoms with Gasteiger partial charge in [0, 0.05) is 45.0 Å². The third-order valence-electron chi connectivity index (χ3n) is 6.33. The molecule has 1 aliphatic carbocycles. The highest BCUT2D eigenvalue weighted by molar-refractivity contribution is 14.0. The normalized spacial score (nSPS) is 20.6. The molecule has 0 radical (unpaired) electrons. The minimum atomic E-state index is -2.93. The zero-order valence-electron chi connectivity index (χ0n) is 19.6. The standard InChI is InChI=1S/C22H44N4O2S.HI/c1-5-23-21(24-18-22(2,3)13-16-29(4,27)28)25-20-11-14-26(15-12-20)17-19-9-7-6-8-10-19;/h19-20H,5-18H2,1-4H3,(H2,23,24,25);1H. The molecular weight excluding hydrogens is 511 g/mol. The van der Waals surface area contributed by atoms with E-state index in [1.165, 1.54) is 58.0 Å². The van der Waals surface area contributed by atoms with E-state index in [4.69, 9.17) is 4.99 Å². The van der Waals surface area contributed by atoms with Crippen LogP contribution in [0.15, 0.2) is 4.99 Å². The summed E-state index contributed by atoms with van der Waals surface area (Å²) < 4.78 is 22.9. The minimum absolute atomic E-state index is 0. The predicted molar refractivity (Wildman–Crippen MR) is 139 cm³/mol. The maximum atomic E-state index is 11.5. The molecule has 1 saturated heterocycles. The third kappa shape index (κ3) is 11.5. The molecule has 0 aromatic rings. The molecule has 1 aliphatic heterocycles. The summed E-state index contributed by atoms with van der Waals surface area (Å²) in [5.74, 6) is 2.01. The summed E-state index contributed by atoms with van der Waals surface area (Å²) >= 11 is 0.